The van der Waals surface area contributed by atoms with Crippen LogP contribution in [0, 0.1) is 40.9 Å². The van der Waals surface area contributed by atoms with Crippen LogP contribution in [0.1, 0.15) is 39.4 Å². The normalized spacial score (nSPS) is 24.0. The number of aliphatic hydroxyl groups excluding tert-OH is 1. The van der Waals surface area contributed by atoms with Crippen molar-refractivity contribution in [3.8, 4) is 17.9 Å². The van der Waals surface area contributed by atoms with E-state index >= 15 is 0 Å². The van der Waals surface area contributed by atoms with Crippen molar-refractivity contribution >= 4 is 17.3 Å². The standard InChI is InChI=1S/C22H21NO3S/c23-14-16-13-20(24)19(11-9-15-5-2-1-3-6-15)18(16)8-4-7-17-10-12-21(27-17)22(25)26/h1-3,5-6,10,12,16,18-20,24H,4,7-8,13H2,(H,25,26)/t16-,18+,19-,20-/m1/s1. The number of hydrogen-bond acceptors (Lipinski definition) is 4. The van der Waals surface area contributed by atoms with Gasteiger partial charge in [0, 0.05) is 10.4 Å². The fourth-order valence-corrected chi connectivity index (χ4v) is 4.57. The van der Waals surface area contributed by atoms with Gasteiger partial charge in [-0.25, -0.2) is 4.79 Å². The molecule has 1 aromatic carbocycles. The minimum absolute atomic E-state index is 0.0418. The highest BCUT2D eigenvalue weighted by Crippen LogP contribution is 2.40. The molecule has 1 saturated carbocycles. The number of aromatic carboxylic acids is 1. The van der Waals surface area contributed by atoms with Gasteiger partial charge in [-0.2, -0.15) is 5.26 Å². The fourth-order valence-electron chi connectivity index (χ4n) is 3.68. The van der Waals surface area contributed by atoms with Crippen molar-refractivity contribution in [3.63, 3.8) is 0 Å². The zero-order valence-electron chi connectivity index (χ0n) is 14.8. The quantitative estimate of drug-likeness (QED) is 0.771. The van der Waals surface area contributed by atoms with E-state index in [9.17, 15) is 15.2 Å². The first kappa shape index (κ1) is 19.2. The molecule has 1 aliphatic carbocycles. The largest absolute Gasteiger partial charge is 0.477 e. The molecule has 0 unspecified atom stereocenters. The maximum absolute atomic E-state index is 11.0. The van der Waals surface area contributed by atoms with Gasteiger partial charge in [0.15, 0.2) is 0 Å². The van der Waals surface area contributed by atoms with E-state index in [-0.39, 0.29) is 17.8 Å². The van der Waals surface area contributed by atoms with Crippen LogP contribution in [0.3, 0.4) is 0 Å². The summed E-state index contributed by atoms with van der Waals surface area (Å²) >= 11 is 1.30. The Morgan fingerprint density at radius 3 is 2.67 bits per heavy atom. The van der Waals surface area contributed by atoms with E-state index in [1.54, 1.807) is 6.07 Å². The number of benzene rings is 1. The second-order valence-corrected chi connectivity index (χ2v) is 8.00. The Labute approximate surface area is 163 Å². The van der Waals surface area contributed by atoms with E-state index in [4.69, 9.17) is 5.11 Å². The Bertz CT molecular complexity index is 888. The Morgan fingerprint density at radius 2 is 2.00 bits per heavy atom. The van der Waals surface area contributed by atoms with Crippen molar-refractivity contribution in [1.82, 2.24) is 0 Å². The van der Waals surface area contributed by atoms with Gasteiger partial charge in [-0.3, -0.25) is 0 Å². The molecule has 1 aromatic heterocycles. The van der Waals surface area contributed by atoms with Crippen LogP contribution in [0.2, 0.25) is 0 Å². The van der Waals surface area contributed by atoms with E-state index in [0.29, 0.717) is 11.3 Å². The van der Waals surface area contributed by atoms with E-state index in [1.807, 2.05) is 36.4 Å². The summed E-state index contributed by atoms with van der Waals surface area (Å²) in [5.74, 6) is 5.09. The fraction of sp³-hybridized carbons (Fsp3) is 0.364. The van der Waals surface area contributed by atoms with Crippen LogP contribution in [0.4, 0.5) is 0 Å². The van der Waals surface area contributed by atoms with Gasteiger partial charge in [0.05, 0.1) is 24.0 Å². The van der Waals surface area contributed by atoms with Gasteiger partial charge >= 0.3 is 5.97 Å². The molecule has 2 N–H and O–H groups in total. The van der Waals surface area contributed by atoms with Gasteiger partial charge in [-0.1, -0.05) is 30.0 Å². The van der Waals surface area contributed by atoms with Crippen molar-refractivity contribution in [2.24, 2.45) is 17.8 Å². The molecule has 4 atom stereocenters. The Hall–Kier alpha value is -2.60. The topological polar surface area (TPSA) is 81.3 Å². The summed E-state index contributed by atoms with van der Waals surface area (Å²) < 4.78 is 0. The van der Waals surface area contributed by atoms with Gasteiger partial charge in [0.25, 0.3) is 0 Å². The average molecular weight is 379 g/mol. The third-order valence-corrected chi connectivity index (χ3v) is 6.18. The highest BCUT2D eigenvalue weighted by atomic mass is 32.1. The van der Waals surface area contributed by atoms with Gasteiger partial charge in [0.1, 0.15) is 4.88 Å². The van der Waals surface area contributed by atoms with Crippen LogP contribution in [0.5, 0.6) is 0 Å². The predicted octanol–water partition coefficient (Wildman–Crippen LogP) is 3.96. The summed E-state index contributed by atoms with van der Waals surface area (Å²) in [5.41, 5.74) is 0.906. The molecule has 2 aromatic rings. The van der Waals surface area contributed by atoms with E-state index in [0.717, 1.165) is 29.7 Å². The second kappa shape index (κ2) is 8.86. The molecule has 1 heterocycles. The number of carboxylic acids is 1. The zero-order valence-corrected chi connectivity index (χ0v) is 15.7. The molecule has 27 heavy (non-hydrogen) atoms. The molecule has 3 rings (SSSR count). The molecule has 0 saturated heterocycles. The van der Waals surface area contributed by atoms with Crippen LogP contribution in [-0.4, -0.2) is 22.3 Å². The van der Waals surface area contributed by atoms with Crippen molar-refractivity contribution in [1.29, 1.82) is 5.26 Å². The highest BCUT2D eigenvalue weighted by Gasteiger charge is 2.41. The van der Waals surface area contributed by atoms with Crippen LogP contribution >= 0.6 is 11.3 Å². The van der Waals surface area contributed by atoms with Crippen LogP contribution in [0.25, 0.3) is 0 Å². The second-order valence-electron chi connectivity index (χ2n) is 6.83. The number of nitriles is 1. The van der Waals surface area contributed by atoms with E-state index < -0.39 is 12.1 Å². The molecule has 4 nitrogen and oxygen atoms in total. The van der Waals surface area contributed by atoms with Crippen molar-refractivity contribution < 1.29 is 15.0 Å². The molecular weight excluding hydrogens is 358 g/mol. The highest BCUT2D eigenvalue weighted by molar-refractivity contribution is 7.13. The van der Waals surface area contributed by atoms with E-state index in [1.165, 1.54) is 11.3 Å². The number of aryl methyl sites for hydroxylation is 1. The third-order valence-electron chi connectivity index (χ3n) is 5.04. The number of carboxylic acid groups (broad SMARTS) is 1. The maximum Gasteiger partial charge on any atom is 0.345 e. The minimum Gasteiger partial charge on any atom is -0.477 e. The number of thiophene rings is 1. The summed E-state index contributed by atoms with van der Waals surface area (Å²) in [6, 6.07) is 15.5. The summed E-state index contributed by atoms with van der Waals surface area (Å²) in [6.07, 6.45) is 2.32. The number of carbonyl (C=O) groups is 1. The van der Waals surface area contributed by atoms with Gasteiger partial charge in [-0.05, 0) is 55.9 Å². The molecule has 0 bridgehead atoms. The number of aliphatic hydroxyl groups is 1. The molecular formula is C22H21NO3S. The Balaban J connectivity index is 1.65. The predicted molar refractivity (Wildman–Crippen MR) is 104 cm³/mol. The third kappa shape index (κ3) is 4.77. The van der Waals surface area contributed by atoms with Crippen LogP contribution < -0.4 is 0 Å². The van der Waals surface area contributed by atoms with Crippen LogP contribution in [0.15, 0.2) is 42.5 Å². The van der Waals surface area contributed by atoms with Crippen LogP contribution in [-0.2, 0) is 6.42 Å². The summed E-state index contributed by atoms with van der Waals surface area (Å²) in [5, 5.41) is 28.9. The molecule has 5 heteroatoms. The number of nitrogens with zero attached hydrogens (tertiary/aromatic N) is 1. The monoisotopic (exact) mass is 379 g/mol. The molecule has 0 radical (unpaired) electrons. The SMILES string of the molecule is N#C[C@H]1C[C@@H](O)[C@H](C#Cc2ccccc2)[C@H]1CCCc1ccc(C(=O)O)s1. The number of hydrogen-bond donors (Lipinski definition) is 2. The molecule has 0 spiro atoms. The smallest absolute Gasteiger partial charge is 0.345 e. The zero-order chi connectivity index (χ0) is 19.2. The lowest BCUT2D eigenvalue weighted by Gasteiger charge is -2.18. The summed E-state index contributed by atoms with van der Waals surface area (Å²) in [4.78, 5) is 12.4. The van der Waals surface area contributed by atoms with E-state index in [2.05, 4.69) is 17.9 Å². The molecule has 138 valence electrons. The minimum atomic E-state index is -0.897. The Kier molecular flexibility index (Phi) is 6.29. The first-order valence-corrected chi connectivity index (χ1v) is 9.86. The van der Waals surface area contributed by atoms with Crippen molar-refractivity contribution in [2.45, 2.75) is 31.8 Å². The van der Waals surface area contributed by atoms with Gasteiger partial charge in [0.2, 0.25) is 0 Å². The first-order valence-electron chi connectivity index (χ1n) is 9.04. The van der Waals surface area contributed by atoms with Gasteiger partial charge < -0.3 is 10.2 Å². The number of rotatable bonds is 5. The molecule has 1 fully saturated rings. The summed E-state index contributed by atoms with van der Waals surface area (Å²) in [7, 11) is 0. The lowest BCUT2D eigenvalue weighted by Crippen LogP contribution is -2.19. The first-order chi connectivity index (χ1) is 13.1. The lowest BCUT2D eigenvalue weighted by atomic mass is 9.85. The maximum atomic E-state index is 11.0. The van der Waals surface area contributed by atoms with Crippen molar-refractivity contribution in [3.05, 3.63) is 57.8 Å². The molecule has 1 aliphatic rings. The Morgan fingerprint density at radius 1 is 1.22 bits per heavy atom. The average Bonchev–Trinajstić information content (AvgIpc) is 3.26. The molecule has 0 amide bonds. The van der Waals surface area contributed by atoms with Gasteiger partial charge in [-0.15, -0.1) is 11.3 Å². The van der Waals surface area contributed by atoms with Crippen molar-refractivity contribution in [2.75, 3.05) is 0 Å². The summed E-state index contributed by atoms with van der Waals surface area (Å²) in [6.45, 7) is 0. The molecule has 0 aliphatic heterocycles. The lowest BCUT2D eigenvalue weighted by molar-refractivity contribution is 0.0702.